The normalized spacial score (nSPS) is 2.57. The van der Waals surface area contributed by atoms with Gasteiger partial charge >= 0.3 is 41.9 Å². The molecule has 0 radical (unpaired) electrons. The minimum atomic E-state index is 0. The van der Waals surface area contributed by atoms with E-state index in [0.717, 1.165) is 0 Å². The van der Waals surface area contributed by atoms with Crippen molar-refractivity contribution in [1.29, 1.82) is 0 Å². The van der Waals surface area contributed by atoms with Gasteiger partial charge in [-0.3, -0.25) is 0 Å². The van der Waals surface area contributed by atoms with Crippen molar-refractivity contribution in [2.24, 2.45) is 0 Å². The summed E-state index contributed by atoms with van der Waals surface area (Å²) in [5.74, 6) is 0. The molecule has 0 N–H and O–H groups in total. The summed E-state index contributed by atoms with van der Waals surface area (Å²) in [7, 11) is 0. The predicted molar refractivity (Wildman–Crippen MR) is 22.8 cm³/mol. The quantitative estimate of drug-likeness (QED) is 0.299. The van der Waals surface area contributed by atoms with Crippen molar-refractivity contribution in [3.63, 3.8) is 0 Å². The third-order valence-corrected chi connectivity index (χ3v) is 0. The summed E-state index contributed by atoms with van der Waals surface area (Å²) in [6.45, 7) is 4.25. The second-order valence-corrected chi connectivity index (χ2v) is 0.707. The van der Waals surface area contributed by atoms with E-state index in [1.807, 2.05) is 0 Å². The zero-order valence-corrected chi connectivity index (χ0v) is 8.10. The van der Waals surface area contributed by atoms with Gasteiger partial charge in [-0.1, -0.05) is 20.3 Å². The van der Waals surface area contributed by atoms with E-state index >= 15 is 0 Å². The van der Waals surface area contributed by atoms with Crippen molar-refractivity contribution in [2.75, 3.05) is 0 Å². The third kappa shape index (κ3) is 74.3. The van der Waals surface area contributed by atoms with E-state index in [9.17, 15) is 0 Å². The van der Waals surface area contributed by atoms with Crippen LogP contribution in [0.1, 0.15) is 21.7 Å². The molecule has 0 atom stereocenters. The van der Waals surface area contributed by atoms with Gasteiger partial charge in [-0.2, -0.15) is 0 Å². The van der Waals surface area contributed by atoms with Crippen LogP contribution in [-0.4, -0.2) is 23.1 Å². The zero-order chi connectivity index (χ0) is 2.71. The molecule has 0 amide bonds. The summed E-state index contributed by atoms with van der Waals surface area (Å²) in [5.41, 5.74) is 0. The Morgan fingerprint density at radius 2 is 1.14 bits per heavy atom. The fourth-order valence-electron chi connectivity index (χ4n) is 0. The topological polar surface area (TPSA) is 0 Å². The Bertz CT molecular complexity index is 17.2. The fourth-order valence-corrected chi connectivity index (χ4v) is 0. The molecule has 4 heteroatoms. The minimum Gasteiger partial charge on any atom is -1.00 e. The summed E-state index contributed by atoms with van der Waals surface area (Å²) in [5, 5.41) is 0. The predicted octanol–water partition coefficient (Wildman–Crippen LogP) is -7.84. The molecule has 0 aliphatic rings. The van der Waals surface area contributed by atoms with Crippen LogP contribution in [0.2, 0.25) is 0 Å². The van der Waals surface area contributed by atoms with Gasteiger partial charge in [0.15, 0.2) is 0 Å². The van der Waals surface area contributed by atoms with E-state index in [0.29, 0.717) is 0 Å². The summed E-state index contributed by atoms with van der Waals surface area (Å²) in [4.78, 5) is 0. The Hall–Kier alpha value is 1.94. The summed E-state index contributed by atoms with van der Waals surface area (Å²) >= 11 is 0. The Kier molecular flexibility index (Phi) is 229. The number of hydrogen-bond donors (Lipinski definition) is 0. The Morgan fingerprint density at radius 1 is 1.14 bits per heavy atom. The summed E-state index contributed by atoms with van der Waals surface area (Å²) in [6, 6.07) is 0. The van der Waals surface area contributed by atoms with Crippen molar-refractivity contribution >= 4 is 23.1 Å². The molecule has 0 aromatic carbocycles. The van der Waals surface area contributed by atoms with Crippen LogP contribution in [0.4, 0.5) is 0 Å². The van der Waals surface area contributed by atoms with E-state index in [2.05, 4.69) is 13.8 Å². The molecule has 0 aromatic rings. The van der Waals surface area contributed by atoms with Crippen LogP contribution in [0.15, 0.2) is 0 Å². The molecule has 0 nitrogen and oxygen atoms in total. The second kappa shape index (κ2) is 44.2. The summed E-state index contributed by atoms with van der Waals surface area (Å²) in [6.07, 6.45) is 1.25. The van der Waals surface area contributed by atoms with Gasteiger partial charge in [0.2, 0.25) is 0 Å². The molecule has 38 valence electrons. The number of rotatable bonds is 0. The van der Waals surface area contributed by atoms with Gasteiger partial charge in [-0.25, -0.2) is 0 Å². The maximum atomic E-state index is 2.12. The van der Waals surface area contributed by atoms with Crippen molar-refractivity contribution < 1.29 is 45.1 Å². The van der Waals surface area contributed by atoms with Crippen LogP contribution in [0.3, 0.4) is 0 Å². The average Bonchev–Trinajstić information content (AvgIpc) is 0.918. The van der Waals surface area contributed by atoms with Crippen molar-refractivity contribution in [2.45, 2.75) is 20.3 Å². The van der Waals surface area contributed by atoms with Gasteiger partial charge in [-0.15, -0.1) is 0 Å². The number of halogens is 2. The first-order valence-electron chi connectivity index (χ1n) is 1.41. The van der Waals surface area contributed by atoms with Crippen LogP contribution >= 0.6 is 0 Å². The molecular weight excluding hydrogens is 138 g/mol. The molecule has 0 aliphatic heterocycles. The van der Waals surface area contributed by atoms with Crippen molar-refractivity contribution in [1.82, 2.24) is 0 Å². The Morgan fingerprint density at radius 3 is 1.14 bits per heavy atom. The first-order chi connectivity index (χ1) is 1.41. The molecule has 0 rings (SSSR count). The molecule has 0 fully saturated rings. The largest absolute Gasteiger partial charge is 2.00 e. The van der Waals surface area contributed by atoms with Gasteiger partial charge in [0.25, 0.3) is 0 Å². The maximum absolute atomic E-state index is 2.12. The molecule has 0 saturated carbocycles. The monoisotopic (exact) mass is 146 g/mol. The molecule has 0 heterocycles. The average molecular weight is 147 g/mol. The molecule has 0 unspecified atom stereocenters. The van der Waals surface area contributed by atoms with Gasteiger partial charge in [0.05, 0.1) is 0 Å². The van der Waals surface area contributed by atoms with Crippen LogP contribution in [-0.2, 0) is 0 Å². The molecule has 0 saturated heterocycles. The zero-order valence-electron chi connectivity index (χ0n) is 6.17. The molecule has 0 aliphatic carbocycles. The minimum absolute atomic E-state index is 0. The van der Waals surface area contributed by atoms with E-state index in [1.165, 1.54) is 6.42 Å². The maximum Gasteiger partial charge on any atom is 2.00 e. The van der Waals surface area contributed by atoms with Crippen LogP contribution in [0.25, 0.3) is 0 Å². The molecular formula is C3H9Cl2LiMg. The smallest absolute Gasteiger partial charge is 1.00 e. The summed E-state index contributed by atoms with van der Waals surface area (Å²) < 4.78 is 0. The van der Waals surface area contributed by atoms with Gasteiger partial charge in [0.1, 0.15) is 0 Å². The van der Waals surface area contributed by atoms with Crippen LogP contribution < -0.4 is 43.7 Å². The van der Waals surface area contributed by atoms with Gasteiger partial charge in [0, 0.05) is 0 Å². The third-order valence-electron chi connectivity index (χ3n) is 0. The first-order valence-corrected chi connectivity index (χ1v) is 1.41. The van der Waals surface area contributed by atoms with E-state index in [1.54, 1.807) is 0 Å². The van der Waals surface area contributed by atoms with Gasteiger partial charge < -0.3 is 26.2 Å². The second-order valence-electron chi connectivity index (χ2n) is 0.707. The fraction of sp³-hybridized carbons (Fsp3) is 1.00. The van der Waals surface area contributed by atoms with Gasteiger partial charge in [-0.05, 0) is 0 Å². The van der Waals surface area contributed by atoms with Crippen molar-refractivity contribution in [3.8, 4) is 0 Å². The van der Waals surface area contributed by atoms with E-state index in [-0.39, 0.29) is 68.2 Å². The van der Waals surface area contributed by atoms with Crippen LogP contribution in [0, 0.1) is 0 Å². The van der Waals surface area contributed by atoms with Crippen molar-refractivity contribution in [3.05, 3.63) is 0 Å². The Labute approximate surface area is 87.8 Å². The molecule has 0 spiro atoms. The molecule has 7 heavy (non-hydrogen) atoms. The number of hydrogen-bond acceptors (Lipinski definition) is 0. The SMILES string of the molecule is CCC.[Cl-].[Cl-].[H-].[Li+].[Mg+2]. The van der Waals surface area contributed by atoms with E-state index < -0.39 is 0 Å². The van der Waals surface area contributed by atoms with Crippen LogP contribution in [0.5, 0.6) is 0 Å². The first kappa shape index (κ1) is 36.3. The standard InChI is InChI=1S/C3H8.2ClH.Li.Mg.H/c1-3-2;;;;;/h3H2,1-2H3;2*1H;;;/q;;;+1;+2;-1/p-2. The van der Waals surface area contributed by atoms with E-state index in [4.69, 9.17) is 0 Å². The molecule has 0 bridgehead atoms. The molecule has 0 aromatic heterocycles. The Balaban J connectivity index is -0.00000000200.